The van der Waals surface area contributed by atoms with Crippen LogP contribution in [0, 0.1) is 0 Å². The van der Waals surface area contributed by atoms with Gasteiger partial charge in [-0.05, 0) is 34.9 Å². The molecule has 1 N–H and O–H groups in total. The van der Waals surface area contributed by atoms with E-state index in [9.17, 15) is 9.59 Å². The minimum absolute atomic E-state index is 0.179. The van der Waals surface area contributed by atoms with E-state index in [-0.39, 0.29) is 12.6 Å². The summed E-state index contributed by atoms with van der Waals surface area (Å²) in [5.41, 5.74) is 2.79. The number of carbonyl (C=O) groups excluding carboxylic acids is 2. The highest BCUT2D eigenvalue weighted by molar-refractivity contribution is 5.95. The fraction of sp³-hybridized carbons (Fsp3) is 0.167. The molecule has 0 saturated carbocycles. The summed E-state index contributed by atoms with van der Waals surface area (Å²) >= 11 is 0. The lowest BCUT2D eigenvalue weighted by atomic mass is 9.93. The van der Waals surface area contributed by atoms with E-state index >= 15 is 0 Å². The van der Waals surface area contributed by atoms with E-state index < -0.39 is 12.0 Å². The van der Waals surface area contributed by atoms with Crippen molar-refractivity contribution in [3.05, 3.63) is 95.2 Å². The molecule has 0 spiro atoms. The number of nitrogens with zero attached hydrogens (tertiary/aromatic N) is 1. The maximum atomic E-state index is 13.0. The van der Waals surface area contributed by atoms with Crippen LogP contribution in [-0.2, 0) is 16.1 Å². The van der Waals surface area contributed by atoms with Gasteiger partial charge < -0.3 is 15.0 Å². The average molecular weight is 386 g/mol. The molecular formula is C24H22N2O3. The molecule has 5 heteroatoms. The third-order valence-electron chi connectivity index (χ3n) is 5.29. The first-order valence-corrected chi connectivity index (χ1v) is 9.49. The van der Waals surface area contributed by atoms with E-state index in [0.29, 0.717) is 11.3 Å². The van der Waals surface area contributed by atoms with Crippen molar-refractivity contribution >= 4 is 22.8 Å². The van der Waals surface area contributed by atoms with Gasteiger partial charge in [0.1, 0.15) is 6.61 Å². The number of amides is 2. The van der Waals surface area contributed by atoms with Gasteiger partial charge in [0.05, 0.1) is 11.6 Å². The van der Waals surface area contributed by atoms with Gasteiger partial charge in [-0.3, -0.25) is 0 Å². The van der Waals surface area contributed by atoms with Crippen molar-refractivity contribution in [2.24, 2.45) is 0 Å². The van der Waals surface area contributed by atoms with Gasteiger partial charge in [0.2, 0.25) is 0 Å². The number of fused-ring (bicyclic) bond motifs is 1. The number of hydrogen-bond donors (Lipinski definition) is 1. The highest BCUT2D eigenvalue weighted by Crippen LogP contribution is 2.32. The van der Waals surface area contributed by atoms with E-state index in [2.05, 4.69) is 5.32 Å². The Bertz CT molecular complexity index is 1110. The number of hydrogen-bond acceptors (Lipinski definition) is 3. The van der Waals surface area contributed by atoms with E-state index in [4.69, 9.17) is 4.74 Å². The number of ether oxygens (including phenoxy) is 1. The fourth-order valence-electron chi connectivity index (χ4n) is 3.54. The summed E-state index contributed by atoms with van der Waals surface area (Å²) in [6, 6.07) is 22.7. The molecule has 1 aliphatic heterocycles. The standard InChI is InChI=1S/C24H22N2O3/c1-16-21(23(27)29-15-17-8-4-3-5-9-17)22(25-24(28)26(16)2)20-13-12-18-10-6-7-11-19(18)14-20/h3-14,22H,15H2,1-2H3,(H,25,28)/t22-/m0/s1. The zero-order valence-electron chi connectivity index (χ0n) is 16.4. The molecular weight excluding hydrogens is 364 g/mol. The van der Waals surface area contributed by atoms with Crippen molar-refractivity contribution in [2.75, 3.05) is 7.05 Å². The average Bonchev–Trinajstić information content (AvgIpc) is 2.76. The Morgan fingerprint density at radius 3 is 2.45 bits per heavy atom. The van der Waals surface area contributed by atoms with Gasteiger partial charge >= 0.3 is 12.0 Å². The third kappa shape index (κ3) is 3.72. The smallest absolute Gasteiger partial charge is 0.338 e. The Morgan fingerprint density at radius 2 is 1.69 bits per heavy atom. The summed E-state index contributed by atoms with van der Waals surface area (Å²) in [4.78, 5) is 26.9. The molecule has 0 aliphatic carbocycles. The van der Waals surface area contributed by atoms with E-state index in [1.807, 2.05) is 72.8 Å². The highest BCUT2D eigenvalue weighted by Gasteiger charge is 2.35. The van der Waals surface area contributed by atoms with Crippen LogP contribution in [0.5, 0.6) is 0 Å². The molecule has 1 heterocycles. The van der Waals surface area contributed by atoms with Crippen LogP contribution in [0.3, 0.4) is 0 Å². The number of nitrogens with one attached hydrogen (secondary N) is 1. The molecule has 0 unspecified atom stereocenters. The molecule has 0 bridgehead atoms. The van der Waals surface area contributed by atoms with Crippen LogP contribution < -0.4 is 5.32 Å². The lowest BCUT2D eigenvalue weighted by Crippen LogP contribution is -2.46. The van der Waals surface area contributed by atoms with Crippen molar-refractivity contribution < 1.29 is 14.3 Å². The third-order valence-corrected chi connectivity index (χ3v) is 5.29. The molecule has 29 heavy (non-hydrogen) atoms. The molecule has 0 fully saturated rings. The zero-order chi connectivity index (χ0) is 20.4. The molecule has 0 aromatic heterocycles. The molecule has 0 saturated heterocycles. The van der Waals surface area contributed by atoms with Crippen molar-refractivity contribution in [1.82, 2.24) is 10.2 Å². The number of benzene rings is 3. The van der Waals surface area contributed by atoms with Crippen LogP contribution in [0.4, 0.5) is 4.79 Å². The molecule has 3 aromatic rings. The molecule has 5 nitrogen and oxygen atoms in total. The number of esters is 1. The zero-order valence-corrected chi connectivity index (χ0v) is 16.4. The van der Waals surface area contributed by atoms with Crippen LogP contribution in [-0.4, -0.2) is 23.9 Å². The SMILES string of the molecule is CC1=C(C(=O)OCc2ccccc2)[C@H](c2ccc3ccccc3c2)NC(=O)N1C. The Kier molecular flexibility index (Phi) is 5.04. The van der Waals surface area contributed by atoms with Gasteiger partial charge in [0.15, 0.2) is 0 Å². The van der Waals surface area contributed by atoms with Crippen molar-refractivity contribution in [3.63, 3.8) is 0 Å². The maximum absolute atomic E-state index is 13.0. The molecule has 4 rings (SSSR count). The van der Waals surface area contributed by atoms with Gasteiger partial charge in [0, 0.05) is 12.7 Å². The summed E-state index contributed by atoms with van der Waals surface area (Å²) in [6.07, 6.45) is 0. The summed E-state index contributed by atoms with van der Waals surface area (Å²) < 4.78 is 5.59. The van der Waals surface area contributed by atoms with Crippen molar-refractivity contribution in [2.45, 2.75) is 19.6 Å². The summed E-state index contributed by atoms with van der Waals surface area (Å²) in [5.74, 6) is -0.434. The summed E-state index contributed by atoms with van der Waals surface area (Å²) in [5, 5.41) is 5.09. The fourth-order valence-corrected chi connectivity index (χ4v) is 3.54. The van der Waals surface area contributed by atoms with Crippen LogP contribution in [0.1, 0.15) is 24.1 Å². The van der Waals surface area contributed by atoms with E-state index in [1.165, 1.54) is 4.90 Å². The summed E-state index contributed by atoms with van der Waals surface area (Å²) in [6.45, 7) is 1.95. The molecule has 2 amide bonds. The number of carbonyl (C=O) groups is 2. The first-order chi connectivity index (χ1) is 14.0. The minimum atomic E-state index is -0.563. The van der Waals surface area contributed by atoms with Gasteiger partial charge in [-0.2, -0.15) is 0 Å². The quantitative estimate of drug-likeness (QED) is 0.669. The second-order valence-corrected chi connectivity index (χ2v) is 7.11. The first-order valence-electron chi connectivity index (χ1n) is 9.49. The van der Waals surface area contributed by atoms with Crippen LogP contribution in [0.2, 0.25) is 0 Å². The Balaban J connectivity index is 1.68. The number of rotatable bonds is 4. The highest BCUT2D eigenvalue weighted by atomic mass is 16.5. The normalized spacial score (nSPS) is 16.7. The Labute approximate surface area is 169 Å². The van der Waals surface area contributed by atoms with Crippen LogP contribution in [0.15, 0.2) is 84.1 Å². The van der Waals surface area contributed by atoms with Gasteiger partial charge in [-0.15, -0.1) is 0 Å². The topological polar surface area (TPSA) is 58.6 Å². The monoisotopic (exact) mass is 386 g/mol. The Morgan fingerprint density at radius 1 is 1.00 bits per heavy atom. The number of allylic oxidation sites excluding steroid dienone is 1. The van der Waals surface area contributed by atoms with E-state index in [0.717, 1.165) is 21.9 Å². The molecule has 146 valence electrons. The largest absolute Gasteiger partial charge is 0.457 e. The van der Waals surface area contributed by atoms with E-state index in [1.54, 1.807) is 14.0 Å². The van der Waals surface area contributed by atoms with Gasteiger partial charge in [-0.25, -0.2) is 9.59 Å². The van der Waals surface area contributed by atoms with Crippen LogP contribution in [0.25, 0.3) is 10.8 Å². The Hall–Kier alpha value is -3.60. The second kappa shape index (κ2) is 7.80. The molecule has 1 aliphatic rings. The number of urea groups is 1. The van der Waals surface area contributed by atoms with Gasteiger partial charge in [-0.1, -0.05) is 66.7 Å². The molecule has 3 aromatic carbocycles. The van der Waals surface area contributed by atoms with Crippen molar-refractivity contribution in [1.29, 1.82) is 0 Å². The predicted molar refractivity (Wildman–Crippen MR) is 112 cm³/mol. The molecule has 1 atom stereocenters. The first kappa shape index (κ1) is 18.7. The van der Waals surface area contributed by atoms with Crippen LogP contribution >= 0.6 is 0 Å². The van der Waals surface area contributed by atoms with Gasteiger partial charge in [0.25, 0.3) is 0 Å². The second-order valence-electron chi connectivity index (χ2n) is 7.11. The lowest BCUT2D eigenvalue weighted by Gasteiger charge is -2.33. The minimum Gasteiger partial charge on any atom is -0.457 e. The maximum Gasteiger partial charge on any atom is 0.338 e. The summed E-state index contributed by atoms with van der Waals surface area (Å²) in [7, 11) is 1.64. The molecule has 0 radical (unpaired) electrons. The predicted octanol–water partition coefficient (Wildman–Crippen LogP) is 4.55. The lowest BCUT2D eigenvalue weighted by molar-refractivity contribution is -0.141. The van der Waals surface area contributed by atoms with Crippen molar-refractivity contribution in [3.8, 4) is 0 Å².